The Labute approximate surface area is 72.4 Å². The first-order valence-corrected chi connectivity index (χ1v) is 4.67. The molecule has 12 heavy (non-hydrogen) atoms. The van der Waals surface area contributed by atoms with Crippen molar-refractivity contribution in [2.75, 3.05) is 6.61 Å². The van der Waals surface area contributed by atoms with Gasteiger partial charge < -0.3 is 4.74 Å². The minimum atomic E-state index is 0.823. The molecule has 0 radical (unpaired) electrons. The lowest BCUT2D eigenvalue weighted by atomic mass is 10.1. The van der Waals surface area contributed by atoms with Gasteiger partial charge in [0.15, 0.2) is 0 Å². The maximum Gasteiger partial charge on any atom is 0.122 e. The van der Waals surface area contributed by atoms with E-state index in [4.69, 9.17) is 4.74 Å². The minimum Gasteiger partial charge on any atom is -0.493 e. The second-order valence-corrected chi connectivity index (χ2v) is 3.78. The van der Waals surface area contributed by atoms with E-state index in [1.807, 2.05) is 0 Å². The topological polar surface area (TPSA) is 9.23 Å². The Balaban J connectivity index is 2.08. The Kier molecular flexibility index (Phi) is 1.23. The Morgan fingerprint density at radius 3 is 3.17 bits per heavy atom. The van der Waals surface area contributed by atoms with Gasteiger partial charge in [-0.25, -0.2) is 0 Å². The zero-order valence-electron chi connectivity index (χ0n) is 6.99. The molecule has 1 aliphatic carbocycles. The molecule has 0 aromatic heterocycles. The van der Waals surface area contributed by atoms with Gasteiger partial charge in [0.2, 0.25) is 0 Å². The molecule has 1 heterocycles. The van der Waals surface area contributed by atoms with E-state index in [9.17, 15) is 0 Å². The van der Waals surface area contributed by atoms with Crippen LogP contribution in [-0.2, 0) is 0 Å². The Morgan fingerprint density at radius 1 is 1.25 bits per heavy atom. The van der Waals surface area contributed by atoms with Gasteiger partial charge in [0, 0.05) is 0 Å². The molecular weight excluding hydrogens is 148 g/mol. The molecular formula is C11H12O. The lowest BCUT2D eigenvalue weighted by Crippen LogP contribution is -1.96. The standard InChI is InChI=1S/C11H12O/c1-2-4-11-9(3-1)10-7-8(10)5-6-12-11/h1-4,8,10H,5-7H2. The van der Waals surface area contributed by atoms with Crippen LogP contribution in [0, 0.1) is 5.92 Å². The van der Waals surface area contributed by atoms with Gasteiger partial charge in [0.25, 0.3) is 0 Å². The predicted molar refractivity (Wildman–Crippen MR) is 47.4 cm³/mol. The summed E-state index contributed by atoms with van der Waals surface area (Å²) in [5.41, 5.74) is 1.44. The summed E-state index contributed by atoms with van der Waals surface area (Å²) in [5.74, 6) is 2.87. The lowest BCUT2D eigenvalue weighted by molar-refractivity contribution is 0.308. The number of ether oxygens (including phenoxy) is 1. The van der Waals surface area contributed by atoms with Crippen LogP contribution in [0.4, 0.5) is 0 Å². The highest BCUT2D eigenvalue weighted by Gasteiger charge is 2.41. The van der Waals surface area contributed by atoms with Crippen molar-refractivity contribution in [3.8, 4) is 5.75 Å². The molecule has 2 aliphatic rings. The molecule has 62 valence electrons. The van der Waals surface area contributed by atoms with Crippen molar-refractivity contribution in [1.82, 2.24) is 0 Å². The summed E-state index contributed by atoms with van der Waals surface area (Å²) in [5, 5.41) is 0. The molecule has 0 N–H and O–H groups in total. The van der Waals surface area contributed by atoms with E-state index in [1.54, 1.807) is 0 Å². The SMILES string of the molecule is c1ccc2c(c1)OCCC1CC21. The van der Waals surface area contributed by atoms with Crippen molar-refractivity contribution in [2.45, 2.75) is 18.8 Å². The molecule has 1 aromatic carbocycles. The second kappa shape index (κ2) is 2.25. The monoisotopic (exact) mass is 160 g/mol. The fraction of sp³-hybridized carbons (Fsp3) is 0.455. The van der Waals surface area contributed by atoms with Gasteiger partial charge in [0.05, 0.1) is 6.61 Å². The minimum absolute atomic E-state index is 0.823. The highest BCUT2D eigenvalue weighted by molar-refractivity contribution is 5.40. The molecule has 0 spiro atoms. The van der Waals surface area contributed by atoms with Crippen LogP contribution >= 0.6 is 0 Å². The van der Waals surface area contributed by atoms with Crippen LogP contribution in [0.2, 0.25) is 0 Å². The maximum absolute atomic E-state index is 5.65. The van der Waals surface area contributed by atoms with E-state index in [-0.39, 0.29) is 0 Å². The molecule has 2 atom stereocenters. The summed E-state index contributed by atoms with van der Waals surface area (Å²) in [6.45, 7) is 0.915. The van der Waals surface area contributed by atoms with Crippen LogP contribution in [0.25, 0.3) is 0 Å². The average molecular weight is 160 g/mol. The van der Waals surface area contributed by atoms with Crippen molar-refractivity contribution in [2.24, 2.45) is 5.92 Å². The first-order valence-electron chi connectivity index (χ1n) is 4.67. The van der Waals surface area contributed by atoms with Crippen molar-refractivity contribution in [3.63, 3.8) is 0 Å². The molecule has 0 bridgehead atoms. The van der Waals surface area contributed by atoms with Crippen LogP contribution in [0.1, 0.15) is 24.3 Å². The lowest BCUT2D eigenvalue weighted by Gasteiger charge is -2.06. The molecule has 2 unspecified atom stereocenters. The van der Waals surface area contributed by atoms with Gasteiger partial charge in [0.1, 0.15) is 5.75 Å². The van der Waals surface area contributed by atoms with E-state index in [2.05, 4.69) is 24.3 Å². The zero-order valence-corrected chi connectivity index (χ0v) is 6.99. The molecule has 3 rings (SSSR count). The number of hydrogen-bond acceptors (Lipinski definition) is 1. The Hall–Kier alpha value is -0.980. The molecule has 0 amide bonds. The highest BCUT2D eigenvalue weighted by atomic mass is 16.5. The highest BCUT2D eigenvalue weighted by Crippen LogP contribution is 2.53. The first-order chi connectivity index (χ1) is 5.95. The Bertz CT molecular complexity index is 306. The van der Waals surface area contributed by atoms with Gasteiger partial charge in [-0.15, -0.1) is 0 Å². The average Bonchev–Trinajstić information content (AvgIpc) is 2.82. The number of rotatable bonds is 0. The quantitative estimate of drug-likeness (QED) is 0.566. The van der Waals surface area contributed by atoms with Crippen molar-refractivity contribution in [3.05, 3.63) is 29.8 Å². The van der Waals surface area contributed by atoms with Crippen LogP contribution in [0.3, 0.4) is 0 Å². The third kappa shape index (κ3) is 0.857. The summed E-state index contributed by atoms with van der Waals surface area (Å²) < 4.78 is 5.65. The fourth-order valence-electron chi connectivity index (χ4n) is 2.19. The number of hydrogen-bond donors (Lipinski definition) is 0. The van der Waals surface area contributed by atoms with E-state index >= 15 is 0 Å². The van der Waals surface area contributed by atoms with Crippen molar-refractivity contribution >= 4 is 0 Å². The molecule has 1 nitrogen and oxygen atoms in total. The van der Waals surface area contributed by atoms with Gasteiger partial charge >= 0.3 is 0 Å². The van der Waals surface area contributed by atoms with Gasteiger partial charge in [-0.1, -0.05) is 18.2 Å². The normalized spacial score (nSPS) is 31.0. The predicted octanol–water partition coefficient (Wildman–Crippen LogP) is 2.57. The van der Waals surface area contributed by atoms with Crippen LogP contribution in [-0.4, -0.2) is 6.61 Å². The maximum atomic E-state index is 5.65. The first kappa shape index (κ1) is 6.53. The fourth-order valence-corrected chi connectivity index (χ4v) is 2.19. The summed E-state index contributed by atoms with van der Waals surface area (Å²) in [6, 6.07) is 8.48. The van der Waals surface area contributed by atoms with Crippen LogP contribution in [0.15, 0.2) is 24.3 Å². The third-order valence-corrected chi connectivity index (χ3v) is 2.99. The van der Waals surface area contributed by atoms with Crippen molar-refractivity contribution < 1.29 is 4.74 Å². The zero-order chi connectivity index (χ0) is 7.97. The van der Waals surface area contributed by atoms with E-state index < -0.39 is 0 Å². The van der Waals surface area contributed by atoms with Gasteiger partial charge in [-0.2, -0.15) is 0 Å². The van der Waals surface area contributed by atoms with Crippen molar-refractivity contribution in [1.29, 1.82) is 0 Å². The number of benzene rings is 1. The van der Waals surface area contributed by atoms with Gasteiger partial charge in [-0.3, -0.25) is 0 Å². The van der Waals surface area contributed by atoms with E-state index in [0.717, 1.165) is 24.2 Å². The molecule has 1 aliphatic heterocycles. The smallest absolute Gasteiger partial charge is 0.122 e. The Morgan fingerprint density at radius 2 is 2.17 bits per heavy atom. The van der Waals surface area contributed by atoms with E-state index in [1.165, 1.54) is 18.4 Å². The molecule has 1 saturated carbocycles. The van der Waals surface area contributed by atoms with E-state index in [0.29, 0.717) is 0 Å². The number of fused-ring (bicyclic) bond motifs is 3. The summed E-state index contributed by atoms with van der Waals surface area (Å²) in [6.07, 6.45) is 2.64. The molecule has 1 fully saturated rings. The van der Waals surface area contributed by atoms with Crippen LogP contribution < -0.4 is 4.74 Å². The second-order valence-electron chi connectivity index (χ2n) is 3.78. The summed E-state index contributed by atoms with van der Waals surface area (Å²) in [4.78, 5) is 0. The van der Waals surface area contributed by atoms with Gasteiger partial charge in [-0.05, 0) is 36.3 Å². The van der Waals surface area contributed by atoms with Crippen LogP contribution in [0.5, 0.6) is 5.75 Å². The number of para-hydroxylation sites is 1. The summed E-state index contributed by atoms with van der Waals surface area (Å²) in [7, 11) is 0. The molecule has 0 saturated heterocycles. The third-order valence-electron chi connectivity index (χ3n) is 2.99. The molecule has 1 heteroatoms. The summed E-state index contributed by atoms with van der Waals surface area (Å²) >= 11 is 0. The largest absolute Gasteiger partial charge is 0.493 e. The molecule has 1 aromatic rings.